The standard InChI is InChI=1S/C19H22N6O2/c1-19(2,3)18-23-17(27-24-18)13-6-7-15(20-9-13)25-10-14(22-11-25)16(26)21-8-12-4-5-12/h6-7,9-12H,4-5,8H2,1-3H3,(H,21,26). The Kier molecular flexibility index (Phi) is 4.25. The van der Waals surface area contributed by atoms with E-state index in [2.05, 4.69) is 25.4 Å². The molecule has 1 saturated carbocycles. The Labute approximate surface area is 157 Å². The maximum Gasteiger partial charge on any atom is 0.271 e. The van der Waals surface area contributed by atoms with Crippen LogP contribution in [0.1, 0.15) is 49.9 Å². The highest BCUT2D eigenvalue weighted by Gasteiger charge is 2.23. The topological polar surface area (TPSA) is 98.7 Å². The summed E-state index contributed by atoms with van der Waals surface area (Å²) in [6.45, 7) is 6.81. The second-order valence-electron chi connectivity index (χ2n) is 7.90. The molecule has 0 aromatic carbocycles. The van der Waals surface area contributed by atoms with E-state index in [4.69, 9.17) is 4.52 Å². The molecule has 8 heteroatoms. The highest BCUT2D eigenvalue weighted by molar-refractivity contribution is 5.92. The molecule has 0 aliphatic heterocycles. The summed E-state index contributed by atoms with van der Waals surface area (Å²) in [4.78, 5) is 25.1. The SMILES string of the molecule is CC(C)(C)c1noc(-c2ccc(-n3cnc(C(=O)NCC4CC4)c3)nc2)n1. The lowest BCUT2D eigenvalue weighted by Gasteiger charge is -2.10. The Bertz CT molecular complexity index is 947. The van der Waals surface area contributed by atoms with Gasteiger partial charge in [0, 0.05) is 24.4 Å². The van der Waals surface area contributed by atoms with Gasteiger partial charge in [0.15, 0.2) is 5.82 Å². The molecule has 0 radical (unpaired) electrons. The molecule has 3 heterocycles. The van der Waals surface area contributed by atoms with Gasteiger partial charge in [0.25, 0.3) is 11.8 Å². The molecule has 0 saturated heterocycles. The number of nitrogens with one attached hydrogen (secondary N) is 1. The average molecular weight is 366 g/mol. The van der Waals surface area contributed by atoms with Crippen LogP contribution in [-0.2, 0) is 5.41 Å². The lowest BCUT2D eigenvalue weighted by Crippen LogP contribution is -2.25. The van der Waals surface area contributed by atoms with Crippen molar-refractivity contribution in [3.05, 3.63) is 42.4 Å². The van der Waals surface area contributed by atoms with Gasteiger partial charge < -0.3 is 9.84 Å². The van der Waals surface area contributed by atoms with E-state index in [9.17, 15) is 4.79 Å². The summed E-state index contributed by atoms with van der Waals surface area (Å²) < 4.78 is 7.05. The molecule has 1 aliphatic rings. The van der Waals surface area contributed by atoms with E-state index in [1.807, 2.05) is 32.9 Å². The maximum atomic E-state index is 12.1. The van der Waals surface area contributed by atoms with E-state index >= 15 is 0 Å². The maximum absolute atomic E-state index is 12.1. The van der Waals surface area contributed by atoms with Crippen LogP contribution in [0.3, 0.4) is 0 Å². The average Bonchev–Trinajstić information content (AvgIpc) is 3.12. The number of rotatable bonds is 5. The normalized spacial score (nSPS) is 14.3. The molecule has 0 atom stereocenters. The third-order valence-corrected chi connectivity index (χ3v) is 4.42. The highest BCUT2D eigenvalue weighted by atomic mass is 16.5. The van der Waals surface area contributed by atoms with Crippen molar-refractivity contribution in [1.29, 1.82) is 0 Å². The summed E-state index contributed by atoms with van der Waals surface area (Å²) in [5, 5.41) is 6.94. The fourth-order valence-electron chi connectivity index (χ4n) is 2.53. The molecule has 1 N–H and O–H groups in total. The summed E-state index contributed by atoms with van der Waals surface area (Å²) in [7, 11) is 0. The van der Waals surface area contributed by atoms with Crippen LogP contribution in [0.2, 0.25) is 0 Å². The van der Waals surface area contributed by atoms with Gasteiger partial charge in [-0.3, -0.25) is 9.36 Å². The molecule has 8 nitrogen and oxygen atoms in total. The Hall–Kier alpha value is -3.03. The van der Waals surface area contributed by atoms with Crippen molar-refractivity contribution in [2.24, 2.45) is 5.92 Å². The molecule has 27 heavy (non-hydrogen) atoms. The number of hydrogen-bond donors (Lipinski definition) is 1. The molecule has 3 aromatic rings. The van der Waals surface area contributed by atoms with Crippen molar-refractivity contribution in [2.45, 2.75) is 39.0 Å². The summed E-state index contributed by atoms with van der Waals surface area (Å²) in [6, 6.07) is 3.68. The van der Waals surface area contributed by atoms with Crippen molar-refractivity contribution in [1.82, 2.24) is 30.0 Å². The predicted octanol–water partition coefficient (Wildman–Crippen LogP) is 2.75. The van der Waals surface area contributed by atoms with E-state index in [0.29, 0.717) is 29.1 Å². The molecule has 140 valence electrons. The number of carbonyl (C=O) groups excluding carboxylic acids is 1. The summed E-state index contributed by atoms with van der Waals surface area (Å²) in [5.41, 5.74) is 0.945. The minimum atomic E-state index is -0.178. The highest BCUT2D eigenvalue weighted by Crippen LogP contribution is 2.27. The largest absolute Gasteiger partial charge is 0.350 e. The third-order valence-electron chi connectivity index (χ3n) is 4.42. The lowest BCUT2D eigenvalue weighted by molar-refractivity contribution is 0.0947. The molecule has 3 aromatic heterocycles. The van der Waals surface area contributed by atoms with Gasteiger partial charge in [0.1, 0.15) is 17.8 Å². The molecule has 4 rings (SSSR count). The van der Waals surface area contributed by atoms with Gasteiger partial charge in [-0.05, 0) is 30.9 Å². The van der Waals surface area contributed by atoms with E-state index in [1.54, 1.807) is 23.3 Å². The minimum Gasteiger partial charge on any atom is -0.350 e. The van der Waals surface area contributed by atoms with Crippen LogP contribution in [0.15, 0.2) is 35.4 Å². The van der Waals surface area contributed by atoms with Crippen LogP contribution < -0.4 is 5.32 Å². The second kappa shape index (κ2) is 6.61. The fourth-order valence-corrected chi connectivity index (χ4v) is 2.53. The Morgan fingerprint density at radius 2 is 2.11 bits per heavy atom. The molecule has 1 amide bonds. The number of amides is 1. The van der Waals surface area contributed by atoms with E-state index in [-0.39, 0.29) is 11.3 Å². The number of nitrogens with zero attached hydrogens (tertiary/aromatic N) is 5. The molecule has 0 spiro atoms. The minimum absolute atomic E-state index is 0.155. The summed E-state index contributed by atoms with van der Waals surface area (Å²) in [5.74, 6) is 2.22. The van der Waals surface area contributed by atoms with Crippen molar-refractivity contribution in [3.8, 4) is 17.3 Å². The van der Waals surface area contributed by atoms with Crippen LogP contribution in [0.25, 0.3) is 17.3 Å². The molecule has 1 fully saturated rings. The Morgan fingerprint density at radius 1 is 1.30 bits per heavy atom. The molecule has 0 unspecified atom stereocenters. The Balaban J connectivity index is 1.47. The number of imidazole rings is 1. The van der Waals surface area contributed by atoms with Gasteiger partial charge in [-0.2, -0.15) is 4.98 Å². The van der Waals surface area contributed by atoms with Gasteiger partial charge in [-0.15, -0.1) is 0 Å². The quantitative estimate of drug-likeness (QED) is 0.745. The number of carbonyl (C=O) groups is 1. The summed E-state index contributed by atoms with van der Waals surface area (Å²) >= 11 is 0. The van der Waals surface area contributed by atoms with Crippen LogP contribution in [-0.4, -0.2) is 37.1 Å². The van der Waals surface area contributed by atoms with Crippen molar-refractivity contribution in [2.75, 3.05) is 6.54 Å². The smallest absolute Gasteiger partial charge is 0.271 e. The number of pyridine rings is 1. The zero-order valence-corrected chi connectivity index (χ0v) is 15.6. The molecule has 1 aliphatic carbocycles. The van der Waals surface area contributed by atoms with Gasteiger partial charge in [0.2, 0.25) is 0 Å². The third kappa shape index (κ3) is 3.89. The van der Waals surface area contributed by atoms with Gasteiger partial charge in [0.05, 0.1) is 5.56 Å². The van der Waals surface area contributed by atoms with E-state index < -0.39 is 0 Å². The number of aromatic nitrogens is 5. The molecule has 0 bridgehead atoms. The zero-order valence-electron chi connectivity index (χ0n) is 15.6. The van der Waals surface area contributed by atoms with Crippen molar-refractivity contribution < 1.29 is 9.32 Å². The number of hydrogen-bond acceptors (Lipinski definition) is 6. The molecular formula is C19H22N6O2. The van der Waals surface area contributed by atoms with E-state index in [1.165, 1.54) is 12.8 Å². The van der Waals surface area contributed by atoms with Crippen LogP contribution in [0.4, 0.5) is 0 Å². The van der Waals surface area contributed by atoms with Crippen LogP contribution in [0, 0.1) is 5.92 Å². The Morgan fingerprint density at radius 3 is 2.74 bits per heavy atom. The fraction of sp³-hybridized carbons (Fsp3) is 0.421. The lowest BCUT2D eigenvalue weighted by atomic mass is 9.96. The van der Waals surface area contributed by atoms with Crippen LogP contribution in [0.5, 0.6) is 0 Å². The first-order chi connectivity index (χ1) is 12.9. The first-order valence-corrected chi connectivity index (χ1v) is 9.03. The van der Waals surface area contributed by atoms with Gasteiger partial charge in [-0.25, -0.2) is 9.97 Å². The van der Waals surface area contributed by atoms with Crippen molar-refractivity contribution >= 4 is 5.91 Å². The van der Waals surface area contributed by atoms with Gasteiger partial charge in [-0.1, -0.05) is 25.9 Å². The first-order valence-electron chi connectivity index (χ1n) is 9.03. The second-order valence-corrected chi connectivity index (χ2v) is 7.90. The van der Waals surface area contributed by atoms with Crippen molar-refractivity contribution in [3.63, 3.8) is 0 Å². The zero-order chi connectivity index (χ0) is 19.0. The first kappa shape index (κ1) is 17.4. The van der Waals surface area contributed by atoms with E-state index in [0.717, 1.165) is 12.1 Å². The summed E-state index contributed by atoms with van der Waals surface area (Å²) in [6.07, 6.45) is 7.32. The monoisotopic (exact) mass is 366 g/mol. The van der Waals surface area contributed by atoms with Crippen LogP contribution >= 0.6 is 0 Å². The molecular weight excluding hydrogens is 344 g/mol. The predicted molar refractivity (Wildman–Crippen MR) is 98.4 cm³/mol. The van der Waals surface area contributed by atoms with Gasteiger partial charge >= 0.3 is 0 Å².